The number of methoxy groups -OCH3 is 1. The number of aromatic nitrogens is 3. The number of hydrogen-bond donors (Lipinski definition) is 1. The second kappa shape index (κ2) is 8.88. The largest absolute Gasteiger partial charge is 0.465 e. The fourth-order valence-electron chi connectivity index (χ4n) is 3.38. The number of nitrogens with one attached hydrogen (secondary N) is 1. The van der Waals surface area contributed by atoms with Crippen LogP contribution in [0.5, 0.6) is 0 Å². The smallest absolute Gasteiger partial charge is 0.341 e. The molecular formula is C20H20N4O4S2. The average molecular weight is 445 g/mol. The van der Waals surface area contributed by atoms with Crippen LogP contribution in [-0.4, -0.2) is 39.5 Å². The third kappa shape index (κ3) is 3.92. The predicted molar refractivity (Wildman–Crippen MR) is 115 cm³/mol. The molecule has 0 unspecified atom stereocenters. The summed E-state index contributed by atoms with van der Waals surface area (Å²) in [5.74, 6) is 0.655. The number of nitrogens with zero attached hydrogens (tertiary/aromatic N) is 3. The molecule has 1 aliphatic rings. The Morgan fingerprint density at radius 2 is 2.30 bits per heavy atom. The summed E-state index contributed by atoms with van der Waals surface area (Å²) in [5, 5.41) is 12.4. The highest BCUT2D eigenvalue weighted by Gasteiger charge is 2.28. The number of fused-ring (bicyclic) bond motifs is 1. The van der Waals surface area contributed by atoms with Crippen LogP contribution in [0, 0.1) is 0 Å². The van der Waals surface area contributed by atoms with Crippen molar-refractivity contribution in [2.24, 2.45) is 0 Å². The van der Waals surface area contributed by atoms with Gasteiger partial charge >= 0.3 is 5.97 Å². The highest BCUT2D eigenvalue weighted by atomic mass is 32.2. The quantitative estimate of drug-likeness (QED) is 0.321. The van der Waals surface area contributed by atoms with Crippen molar-refractivity contribution in [1.29, 1.82) is 0 Å². The molecule has 3 aromatic rings. The van der Waals surface area contributed by atoms with E-state index in [0.29, 0.717) is 33.9 Å². The Morgan fingerprint density at radius 3 is 3.03 bits per heavy atom. The van der Waals surface area contributed by atoms with Gasteiger partial charge in [-0.15, -0.1) is 28.1 Å². The van der Waals surface area contributed by atoms with Gasteiger partial charge in [0.1, 0.15) is 5.00 Å². The lowest BCUT2D eigenvalue weighted by Gasteiger charge is -2.08. The summed E-state index contributed by atoms with van der Waals surface area (Å²) < 4.78 is 12.2. The van der Waals surface area contributed by atoms with Crippen LogP contribution >= 0.6 is 23.1 Å². The van der Waals surface area contributed by atoms with E-state index in [1.165, 1.54) is 30.2 Å². The third-order valence-corrected chi connectivity index (χ3v) is 6.84. The van der Waals surface area contributed by atoms with Crippen LogP contribution in [0.15, 0.2) is 40.6 Å². The lowest BCUT2D eigenvalue weighted by atomic mass is 10.1. The number of rotatable bonds is 8. The van der Waals surface area contributed by atoms with E-state index in [1.54, 1.807) is 24.5 Å². The molecule has 3 aromatic heterocycles. The summed E-state index contributed by atoms with van der Waals surface area (Å²) in [6.07, 6.45) is 6.08. The summed E-state index contributed by atoms with van der Waals surface area (Å²) >= 11 is 2.71. The minimum absolute atomic E-state index is 0.122. The molecule has 0 aromatic carbocycles. The number of esters is 1. The van der Waals surface area contributed by atoms with Gasteiger partial charge in [-0.3, -0.25) is 9.36 Å². The van der Waals surface area contributed by atoms with Gasteiger partial charge in [-0.05, 0) is 37.0 Å². The van der Waals surface area contributed by atoms with E-state index in [4.69, 9.17) is 9.15 Å². The van der Waals surface area contributed by atoms with Gasteiger partial charge in [0, 0.05) is 11.4 Å². The molecule has 4 rings (SSSR count). The summed E-state index contributed by atoms with van der Waals surface area (Å²) in [7, 11) is 1.35. The molecule has 8 nitrogen and oxygen atoms in total. The zero-order valence-corrected chi connectivity index (χ0v) is 18.0. The number of ether oxygens (including phenoxy) is 1. The molecule has 1 N–H and O–H groups in total. The maximum absolute atomic E-state index is 12.6. The first-order valence-electron chi connectivity index (χ1n) is 9.35. The third-order valence-electron chi connectivity index (χ3n) is 4.67. The molecule has 0 saturated heterocycles. The molecule has 0 spiro atoms. The molecule has 1 amide bonds. The van der Waals surface area contributed by atoms with Crippen molar-refractivity contribution in [1.82, 2.24) is 14.8 Å². The van der Waals surface area contributed by atoms with Crippen LogP contribution in [0.1, 0.15) is 27.2 Å². The number of thiophene rings is 1. The summed E-state index contributed by atoms with van der Waals surface area (Å²) in [6, 6.07) is 3.58. The Kier molecular flexibility index (Phi) is 6.05. The molecule has 10 heteroatoms. The van der Waals surface area contributed by atoms with Crippen molar-refractivity contribution < 1.29 is 18.7 Å². The topological polar surface area (TPSA) is 99.2 Å². The number of anilines is 1. The Hall–Kier alpha value is -2.85. The first-order chi connectivity index (χ1) is 14.6. The first kappa shape index (κ1) is 20.4. The van der Waals surface area contributed by atoms with Gasteiger partial charge in [-0.1, -0.05) is 17.8 Å². The van der Waals surface area contributed by atoms with Gasteiger partial charge in [-0.25, -0.2) is 4.79 Å². The second-order valence-electron chi connectivity index (χ2n) is 6.57. The fourth-order valence-corrected chi connectivity index (χ4v) is 5.42. The van der Waals surface area contributed by atoms with Crippen molar-refractivity contribution in [2.45, 2.75) is 31.0 Å². The molecule has 0 bridgehead atoms. The Morgan fingerprint density at radius 1 is 1.43 bits per heavy atom. The van der Waals surface area contributed by atoms with Crippen LogP contribution in [-0.2, 0) is 28.9 Å². The SMILES string of the molecule is C=CCn1c(SCC(=O)Nc2sc3c(c2C(=O)OC)CCC3)nnc1-c1ccco1. The highest BCUT2D eigenvalue weighted by Crippen LogP contribution is 2.39. The number of allylic oxidation sites excluding steroid dienone is 1. The normalized spacial score (nSPS) is 12.6. The summed E-state index contributed by atoms with van der Waals surface area (Å²) in [4.78, 5) is 26.0. The van der Waals surface area contributed by atoms with E-state index in [0.717, 1.165) is 29.7 Å². The molecule has 3 heterocycles. The average Bonchev–Trinajstić information content (AvgIpc) is 3.50. The number of carbonyl (C=O) groups is 2. The number of carbonyl (C=O) groups excluding carboxylic acids is 2. The molecule has 156 valence electrons. The molecule has 0 atom stereocenters. The Balaban J connectivity index is 1.48. The number of hydrogen-bond acceptors (Lipinski definition) is 8. The minimum Gasteiger partial charge on any atom is -0.465 e. The lowest BCUT2D eigenvalue weighted by molar-refractivity contribution is -0.113. The first-order valence-corrected chi connectivity index (χ1v) is 11.2. The van der Waals surface area contributed by atoms with E-state index >= 15 is 0 Å². The molecule has 30 heavy (non-hydrogen) atoms. The van der Waals surface area contributed by atoms with Gasteiger partial charge in [0.15, 0.2) is 10.9 Å². The van der Waals surface area contributed by atoms with E-state index in [-0.39, 0.29) is 11.7 Å². The van der Waals surface area contributed by atoms with Crippen molar-refractivity contribution in [3.05, 3.63) is 47.1 Å². The Labute approximate surface area is 181 Å². The fraction of sp³-hybridized carbons (Fsp3) is 0.300. The highest BCUT2D eigenvalue weighted by molar-refractivity contribution is 7.99. The van der Waals surface area contributed by atoms with E-state index in [1.807, 2.05) is 4.57 Å². The molecule has 0 radical (unpaired) electrons. The standard InChI is InChI=1S/C20H20N4O4S2/c1-3-9-24-17(13-7-5-10-28-13)22-23-20(24)29-11-15(25)21-18-16(19(26)27-2)12-6-4-8-14(12)30-18/h3,5,7,10H,1,4,6,8-9,11H2,2H3,(H,21,25). The van der Waals surface area contributed by atoms with E-state index in [9.17, 15) is 9.59 Å². The minimum atomic E-state index is -0.411. The summed E-state index contributed by atoms with van der Waals surface area (Å²) in [5.41, 5.74) is 1.49. The summed E-state index contributed by atoms with van der Waals surface area (Å²) in [6.45, 7) is 4.25. The van der Waals surface area contributed by atoms with Gasteiger partial charge in [0.2, 0.25) is 11.7 Å². The van der Waals surface area contributed by atoms with E-state index in [2.05, 4.69) is 22.1 Å². The van der Waals surface area contributed by atoms with Crippen LogP contribution < -0.4 is 5.32 Å². The van der Waals surface area contributed by atoms with Crippen molar-refractivity contribution >= 4 is 40.0 Å². The monoisotopic (exact) mass is 444 g/mol. The van der Waals surface area contributed by atoms with Crippen LogP contribution in [0.3, 0.4) is 0 Å². The molecular weight excluding hydrogens is 424 g/mol. The maximum atomic E-state index is 12.6. The van der Waals surface area contributed by atoms with Gasteiger partial charge in [-0.2, -0.15) is 0 Å². The molecule has 1 aliphatic carbocycles. The number of thioether (sulfide) groups is 1. The number of amides is 1. The van der Waals surface area contributed by atoms with Crippen LogP contribution in [0.25, 0.3) is 11.6 Å². The number of aryl methyl sites for hydroxylation is 1. The van der Waals surface area contributed by atoms with Crippen molar-refractivity contribution in [2.75, 3.05) is 18.2 Å². The zero-order chi connectivity index (χ0) is 21.1. The van der Waals surface area contributed by atoms with Gasteiger partial charge in [0.05, 0.1) is 24.7 Å². The van der Waals surface area contributed by atoms with Crippen LogP contribution in [0.2, 0.25) is 0 Å². The zero-order valence-electron chi connectivity index (χ0n) is 16.3. The van der Waals surface area contributed by atoms with E-state index < -0.39 is 5.97 Å². The van der Waals surface area contributed by atoms with Crippen LogP contribution in [0.4, 0.5) is 5.00 Å². The molecule has 0 aliphatic heterocycles. The van der Waals surface area contributed by atoms with Gasteiger partial charge < -0.3 is 14.5 Å². The Bertz CT molecular complexity index is 1080. The maximum Gasteiger partial charge on any atom is 0.341 e. The predicted octanol–water partition coefficient (Wildman–Crippen LogP) is 3.79. The lowest BCUT2D eigenvalue weighted by Crippen LogP contribution is -2.16. The second-order valence-corrected chi connectivity index (χ2v) is 8.62. The molecule has 0 saturated carbocycles. The molecule has 0 fully saturated rings. The number of furan rings is 1. The van der Waals surface area contributed by atoms with Crippen molar-refractivity contribution in [3.63, 3.8) is 0 Å². The van der Waals surface area contributed by atoms with Crippen molar-refractivity contribution in [3.8, 4) is 11.6 Å². The van der Waals surface area contributed by atoms with Gasteiger partial charge in [0.25, 0.3) is 0 Å².